The van der Waals surface area contributed by atoms with Crippen LogP contribution in [0.2, 0.25) is 0 Å². The maximum absolute atomic E-state index is 12.7. The van der Waals surface area contributed by atoms with Crippen LogP contribution in [0.1, 0.15) is 23.8 Å². The van der Waals surface area contributed by atoms with E-state index in [-0.39, 0.29) is 24.4 Å². The van der Waals surface area contributed by atoms with E-state index in [9.17, 15) is 23.1 Å². The predicted molar refractivity (Wildman–Crippen MR) is 101 cm³/mol. The van der Waals surface area contributed by atoms with Crippen molar-refractivity contribution in [1.29, 1.82) is 0 Å². The minimum atomic E-state index is -4.40. The fraction of sp³-hybridized carbons (Fsp3) is 0.250. The van der Waals surface area contributed by atoms with Gasteiger partial charge in [-0.3, -0.25) is 4.79 Å². The number of nitrogens with zero attached hydrogens (tertiary/aromatic N) is 3. The largest absolute Gasteiger partial charge is 0.420 e. The Labute approximate surface area is 169 Å². The zero-order valence-corrected chi connectivity index (χ0v) is 15.6. The predicted octanol–water partition coefficient (Wildman–Crippen LogP) is 3.76. The van der Waals surface area contributed by atoms with Gasteiger partial charge in [0, 0.05) is 12.2 Å². The van der Waals surface area contributed by atoms with Crippen LogP contribution >= 0.6 is 0 Å². The van der Waals surface area contributed by atoms with Crippen molar-refractivity contribution in [3.8, 4) is 11.5 Å². The number of aliphatic hydroxyl groups is 1. The van der Waals surface area contributed by atoms with Gasteiger partial charge in [0.15, 0.2) is 0 Å². The molecule has 2 heterocycles. The number of carbonyl (C=O) groups is 1. The van der Waals surface area contributed by atoms with Crippen molar-refractivity contribution in [3.63, 3.8) is 0 Å². The number of benzene rings is 2. The van der Waals surface area contributed by atoms with Crippen LogP contribution in [0.5, 0.6) is 0 Å². The summed E-state index contributed by atoms with van der Waals surface area (Å²) in [5.41, 5.74) is 0.823. The van der Waals surface area contributed by atoms with E-state index in [1.165, 1.54) is 17.0 Å². The number of para-hydroxylation sites is 1. The minimum absolute atomic E-state index is 0.162. The topological polar surface area (TPSA) is 91.5 Å². The van der Waals surface area contributed by atoms with E-state index >= 15 is 0 Å². The third-order valence-corrected chi connectivity index (χ3v) is 4.86. The normalized spacial score (nSPS) is 16.9. The van der Waals surface area contributed by atoms with Gasteiger partial charge in [0.25, 0.3) is 0 Å². The number of likely N-dealkylation sites (tertiary alicyclic amines) is 1. The maximum atomic E-state index is 12.7. The van der Waals surface area contributed by atoms with Crippen molar-refractivity contribution >= 4 is 17.3 Å². The van der Waals surface area contributed by atoms with E-state index in [2.05, 4.69) is 15.5 Å². The first kappa shape index (κ1) is 19.9. The SMILES string of the molecule is O=C1C(c2nnc(-c3ccccc3Nc3ccc(C(F)(F)F)cc3)o2)CCN1CO. The standard InChI is InChI=1S/C20H17F3N4O3/c21-20(22,23)12-5-7-13(8-6-12)24-16-4-2-1-3-14(16)17-25-26-18(30-17)15-9-10-27(11-28)19(15)29/h1-8,15,24,28H,9-11H2. The molecule has 1 amide bonds. The number of hydrogen-bond acceptors (Lipinski definition) is 6. The third kappa shape index (κ3) is 3.86. The molecule has 1 unspecified atom stereocenters. The smallest absolute Gasteiger partial charge is 0.416 e. The summed E-state index contributed by atoms with van der Waals surface area (Å²) in [5, 5.41) is 20.2. The lowest BCUT2D eigenvalue weighted by molar-refractivity contribution is -0.137. The molecule has 3 aromatic rings. The van der Waals surface area contributed by atoms with Crippen LogP contribution in [-0.4, -0.2) is 39.4 Å². The fourth-order valence-corrected chi connectivity index (χ4v) is 3.27. The Hall–Kier alpha value is -3.40. The highest BCUT2D eigenvalue weighted by Crippen LogP contribution is 2.34. The Balaban J connectivity index is 1.57. The molecule has 1 fully saturated rings. The first-order valence-electron chi connectivity index (χ1n) is 9.13. The lowest BCUT2D eigenvalue weighted by Crippen LogP contribution is -2.27. The van der Waals surface area contributed by atoms with E-state index in [1.54, 1.807) is 24.3 Å². The molecule has 0 aliphatic carbocycles. The van der Waals surface area contributed by atoms with Crippen LogP contribution in [-0.2, 0) is 11.0 Å². The van der Waals surface area contributed by atoms with Gasteiger partial charge in [0.05, 0.1) is 16.8 Å². The molecule has 0 spiro atoms. The minimum Gasteiger partial charge on any atom is -0.420 e. The van der Waals surface area contributed by atoms with Crippen LogP contribution in [0.4, 0.5) is 24.5 Å². The summed E-state index contributed by atoms with van der Waals surface area (Å²) in [6.07, 6.45) is -3.94. The van der Waals surface area contributed by atoms with Crippen LogP contribution in [0.25, 0.3) is 11.5 Å². The number of halogens is 3. The number of nitrogens with one attached hydrogen (secondary N) is 1. The van der Waals surface area contributed by atoms with Crippen LogP contribution in [0.15, 0.2) is 52.9 Å². The summed E-state index contributed by atoms with van der Waals surface area (Å²) in [7, 11) is 0. The van der Waals surface area contributed by atoms with Gasteiger partial charge in [-0.25, -0.2) is 0 Å². The summed E-state index contributed by atoms with van der Waals surface area (Å²) in [4.78, 5) is 13.5. The zero-order chi connectivity index (χ0) is 21.3. The number of aromatic nitrogens is 2. The van der Waals surface area contributed by atoms with Crippen LogP contribution in [0.3, 0.4) is 0 Å². The Kier molecular flexibility index (Phi) is 5.17. The molecular formula is C20H17F3N4O3. The van der Waals surface area contributed by atoms with Gasteiger partial charge in [-0.2, -0.15) is 13.2 Å². The Morgan fingerprint density at radius 2 is 1.87 bits per heavy atom. The van der Waals surface area contributed by atoms with Crippen LogP contribution < -0.4 is 5.32 Å². The van der Waals surface area contributed by atoms with E-state index in [1.807, 2.05) is 0 Å². The average molecular weight is 418 g/mol. The molecule has 1 aliphatic heterocycles. The highest BCUT2D eigenvalue weighted by Gasteiger charge is 2.36. The average Bonchev–Trinajstić information content (AvgIpc) is 3.34. The van der Waals surface area contributed by atoms with Gasteiger partial charge in [-0.1, -0.05) is 12.1 Å². The summed E-state index contributed by atoms with van der Waals surface area (Å²) in [6.45, 7) is 0.0417. The van der Waals surface area contributed by atoms with Gasteiger partial charge in [-0.05, 0) is 42.8 Å². The van der Waals surface area contributed by atoms with E-state index in [0.29, 0.717) is 29.9 Å². The van der Waals surface area contributed by atoms with Gasteiger partial charge in [0.2, 0.25) is 17.7 Å². The molecular weight excluding hydrogens is 401 g/mol. The first-order chi connectivity index (χ1) is 14.4. The number of anilines is 2. The van der Waals surface area contributed by atoms with Crippen molar-refractivity contribution in [2.45, 2.75) is 18.5 Å². The van der Waals surface area contributed by atoms with Crippen molar-refractivity contribution in [1.82, 2.24) is 15.1 Å². The fourth-order valence-electron chi connectivity index (χ4n) is 3.27. The summed E-state index contributed by atoms with van der Waals surface area (Å²) < 4.78 is 44.0. The second kappa shape index (κ2) is 7.79. The molecule has 0 bridgehead atoms. The van der Waals surface area contributed by atoms with Crippen molar-refractivity contribution in [2.24, 2.45) is 0 Å². The van der Waals surface area contributed by atoms with Crippen molar-refractivity contribution < 1.29 is 27.5 Å². The molecule has 2 aromatic carbocycles. The number of carbonyl (C=O) groups excluding carboxylic acids is 1. The van der Waals surface area contributed by atoms with Gasteiger partial charge >= 0.3 is 6.18 Å². The van der Waals surface area contributed by atoms with Gasteiger partial charge in [-0.15, -0.1) is 10.2 Å². The van der Waals surface area contributed by atoms with Crippen molar-refractivity contribution in [2.75, 3.05) is 18.6 Å². The molecule has 0 saturated carbocycles. The molecule has 10 heteroatoms. The lowest BCUT2D eigenvalue weighted by atomic mass is 10.1. The van der Waals surface area contributed by atoms with E-state index < -0.39 is 17.7 Å². The number of alkyl halides is 3. The number of aliphatic hydroxyl groups excluding tert-OH is 1. The van der Waals surface area contributed by atoms with Crippen molar-refractivity contribution in [3.05, 3.63) is 60.0 Å². The van der Waals surface area contributed by atoms with E-state index in [0.717, 1.165) is 12.1 Å². The molecule has 1 saturated heterocycles. The van der Waals surface area contributed by atoms with Gasteiger partial charge in [0.1, 0.15) is 12.6 Å². The number of amides is 1. The molecule has 2 N–H and O–H groups in total. The highest BCUT2D eigenvalue weighted by atomic mass is 19.4. The highest BCUT2D eigenvalue weighted by molar-refractivity contribution is 5.84. The lowest BCUT2D eigenvalue weighted by Gasteiger charge is -2.12. The Morgan fingerprint density at radius 3 is 2.53 bits per heavy atom. The van der Waals surface area contributed by atoms with E-state index in [4.69, 9.17) is 4.42 Å². The number of rotatable bonds is 5. The number of hydrogen-bond donors (Lipinski definition) is 2. The zero-order valence-electron chi connectivity index (χ0n) is 15.6. The molecule has 30 heavy (non-hydrogen) atoms. The molecule has 156 valence electrons. The second-order valence-corrected chi connectivity index (χ2v) is 6.78. The maximum Gasteiger partial charge on any atom is 0.416 e. The molecule has 1 aromatic heterocycles. The molecule has 7 nitrogen and oxygen atoms in total. The Bertz CT molecular complexity index is 1050. The molecule has 4 rings (SSSR count). The second-order valence-electron chi connectivity index (χ2n) is 6.78. The summed E-state index contributed by atoms with van der Waals surface area (Å²) in [5.74, 6) is -0.539. The summed E-state index contributed by atoms with van der Waals surface area (Å²) >= 11 is 0. The molecule has 1 aliphatic rings. The molecule has 0 radical (unpaired) electrons. The van der Waals surface area contributed by atoms with Gasteiger partial charge < -0.3 is 19.7 Å². The molecule has 1 atom stereocenters. The third-order valence-electron chi connectivity index (χ3n) is 4.86. The quantitative estimate of drug-likeness (QED) is 0.656. The summed E-state index contributed by atoms with van der Waals surface area (Å²) in [6, 6.07) is 11.6. The van der Waals surface area contributed by atoms with Crippen LogP contribution in [0, 0.1) is 0 Å². The monoisotopic (exact) mass is 418 g/mol. The Morgan fingerprint density at radius 1 is 1.13 bits per heavy atom. The first-order valence-corrected chi connectivity index (χ1v) is 9.13.